The van der Waals surface area contributed by atoms with Gasteiger partial charge in [0.05, 0.1) is 32.6 Å². The number of rotatable bonds is 8. The molecule has 0 spiro atoms. The van der Waals surface area contributed by atoms with Crippen LogP contribution in [-0.4, -0.2) is 64.0 Å². The summed E-state index contributed by atoms with van der Waals surface area (Å²) in [5, 5.41) is 1.23. The van der Waals surface area contributed by atoms with E-state index in [0.717, 1.165) is 29.9 Å². The lowest BCUT2D eigenvalue weighted by Crippen LogP contribution is -2.37. The summed E-state index contributed by atoms with van der Waals surface area (Å²) >= 11 is 0. The first-order chi connectivity index (χ1) is 17.2. The molecule has 1 aromatic carbocycles. The summed E-state index contributed by atoms with van der Waals surface area (Å²) in [6.45, 7) is 7.93. The molecule has 0 radical (unpaired) electrons. The third-order valence-corrected chi connectivity index (χ3v) is 6.08. The van der Waals surface area contributed by atoms with Crippen LogP contribution < -0.4 is 9.64 Å². The Kier molecular flexibility index (Phi) is 6.94. The van der Waals surface area contributed by atoms with Gasteiger partial charge in [0.1, 0.15) is 0 Å². The van der Waals surface area contributed by atoms with E-state index in [9.17, 15) is 0 Å². The highest BCUT2D eigenvalue weighted by Crippen LogP contribution is 2.22. The van der Waals surface area contributed by atoms with E-state index in [1.54, 1.807) is 12.4 Å². The van der Waals surface area contributed by atoms with Crippen molar-refractivity contribution in [3.05, 3.63) is 70.9 Å². The van der Waals surface area contributed by atoms with Crippen molar-refractivity contribution in [1.82, 2.24) is 24.9 Å². The van der Waals surface area contributed by atoms with Crippen molar-refractivity contribution in [3.8, 4) is 6.01 Å². The van der Waals surface area contributed by atoms with Gasteiger partial charge in [-0.05, 0) is 49.2 Å². The van der Waals surface area contributed by atoms with E-state index in [1.807, 2.05) is 18.2 Å². The van der Waals surface area contributed by atoms with Crippen molar-refractivity contribution in [2.75, 3.05) is 37.8 Å². The number of pyridine rings is 1. The fourth-order valence-electron chi connectivity index (χ4n) is 4.02. The largest absolute Gasteiger partial charge is 0.463 e. The molecule has 0 aliphatic carbocycles. The zero-order valence-electron chi connectivity index (χ0n) is 20.1. The summed E-state index contributed by atoms with van der Waals surface area (Å²) in [6.07, 6.45) is 4.14. The Bertz CT molecular complexity index is 1310. The molecule has 0 bridgehead atoms. The molecule has 180 valence electrons. The second-order valence-corrected chi connectivity index (χ2v) is 8.52. The quantitative estimate of drug-likeness (QED) is 0.393. The van der Waals surface area contributed by atoms with Crippen LogP contribution in [0.1, 0.15) is 28.3 Å². The van der Waals surface area contributed by atoms with Gasteiger partial charge in [-0.3, -0.25) is 9.98 Å². The zero-order chi connectivity index (χ0) is 24.0. The molecule has 0 unspecified atom stereocenters. The summed E-state index contributed by atoms with van der Waals surface area (Å²) in [5.74, 6) is 1.06. The Balaban J connectivity index is 1.32. The molecular formula is C26H29N7O2. The number of anilines is 1. The number of aromatic amines is 1. The normalized spacial score (nSPS) is 14.2. The van der Waals surface area contributed by atoms with Gasteiger partial charge in [0.15, 0.2) is 5.82 Å². The lowest BCUT2D eigenvalue weighted by atomic mass is 10.1. The topological polar surface area (TPSA) is 101 Å². The second kappa shape index (κ2) is 10.6. The van der Waals surface area contributed by atoms with E-state index >= 15 is 0 Å². The van der Waals surface area contributed by atoms with E-state index in [2.05, 4.69) is 66.9 Å². The Hall–Kier alpha value is -3.85. The van der Waals surface area contributed by atoms with Crippen molar-refractivity contribution < 1.29 is 9.47 Å². The molecule has 9 nitrogen and oxygen atoms in total. The molecule has 1 N–H and O–H groups in total. The van der Waals surface area contributed by atoms with Gasteiger partial charge < -0.3 is 19.4 Å². The number of aromatic nitrogens is 5. The number of H-pyrrole nitrogens is 1. The molecule has 35 heavy (non-hydrogen) atoms. The molecule has 4 aromatic rings. The number of morpholine rings is 1. The monoisotopic (exact) mass is 471 g/mol. The molecule has 1 saturated heterocycles. The molecule has 1 aliphatic rings. The molecule has 0 amide bonds. The van der Waals surface area contributed by atoms with Crippen LogP contribution in [-0.2, 0) is 17.7 Å². The number of ether oxygens (including phenoxy) is 2. The molecule has 3 aromatic heterocycles. The van der Waals surface area contributed by atoms with Gasteiger partial charge in [-0.2, -0.15) is 15.0 Å². The van der Waals surface area contributed by atoms with Gasteiger partial charge in [0, 0.05) is 48.0 Å². The number of fused-ring (bicyclic) bond motifs is 1. The first kappa shape index (κ1) is 22.9. The van der Waals surface area contributed by atoms with Gasteiger partial charge in [-0.15, -0.1) is 0 Å². The van der Waals surface area contributed by atoms with Crippen LogP contribution in [0.25, 0.3) is 10.9 Å². The van der Waals surface area contributed by atoms with Crippen molar-refractivity contribution in [2.24, 2.45) is 4.99 Å². The van der Waals surface area contributed by atoms with Gasteiger partial charge in [-0.1, -0.05) is 12.1 Å². The summed E-state index contributed by atoms with van der Waals surface area (Å²) in [6, 6.07) is 12.5. The van der Waals surface area contributed by atoms with Crippen LogP contribution in [0.15, 0.2) is 47.6 Å². The number of benzene rings is 1. The minimum Gasteiger partial charge on any atom is -0.463 e. The fraction of sp³-hybridized carbons (Fsp3) is 0.346. The van der Waals surface area contributed by atoms with Gasteiger partial charge in [-0.25, -0.2) is 0 Å². The zero-order valence-corrected chi connectivity index (χ0v) is 20.1. The minimum absolute atomic E-state index is 0.290. The molecule has 1 fully saturated rings. The van der Waals surface area contributed by atoms with Gasteiger partial charge in [0.25, 0.3) is 0 Å². The number of hydrogen-bond acceptors (Lipinski definition) is 8. The van der Waals surface area contributed by atoms with Gasteiger partial charge in [0.2, 0.25) is 5.95 Å². The highest BCUT2D eigenvalue weighted by Gasteiger charge is 2.17. The van der Waals surface area contributed by atoms with Crippen LogP contribution in [0.4, 0.5) is 5.95 Å². The van der Waals surface area contributed by atoms with Gasteiger partial charge >= 0.3 is 6.01 Å². The number of aryl methyl sites for hydroxylation is 2. The first-order valence-electron chi connectivity index (χ1n) is 11.8. The minimum atomic E-state index is 0.290. The SMILES string of the molecule is Cc1[nH]c2ccc(CN=Cc3nc(OCCc4ccccn4)nc(N4CCOCC4)n3)cc2c1C. The lowest BCUT2D eigenvalue weighted by Gasteiger charge is -2.26. The molecule has 0 atom stereocenters. The first-order valence-corrected chi connectivity index (χ1v) is 11.8. The fourth-order valence-corrected chi connectivity index (χ4v) is 4.02. The summed E-state index contributed by atoms with van der Waals surface area (Å²) in [7, 11) is 0. The Labute approximate surface area is 204 Å². The smallest absolute Gasteiger partial charge is 0.321 e. The summed E-state index contributed by atoms with van der Waals surface area (Å²) < 4.78 is 11.4. The molecule has 1 aliphatic heterocycles. The van der Waals surface area contributed by atoms with E-state index in [4.69, 9.17) is 9.47 Å². The average Bonchev–Trinajstić information content (AvgIpc) is 3.18. The third-order valence-electron chi connectivity index (χ3n) is 6.08. The molecule has 0 saturated carbocycles. The number of aliphatic imine (C=N–C) groups is 1. The van der Waals surface area contributed by atoms with Crippen LogP contribution in [0, 0.1) is 13.8 Å². The van der Waals surface area contributed by atoms with E-state index < -0.39 is 0 Å². The second-order valence-electron chi connectivity index (χ2n) is 8.52. The number of hydrogen-bond donors (Lipinski definition) is 1. The summed E-state index contributed by atoms with van der Waals surface area (Å²) in [4.78, 5) is 28.1. The predicted octanol–water partition coefficient (Wildman–Crippen LogP) is 3.44. The predicted molar refractivity (Wildman–Crippen MR) is 135 cm³/mol. The van der Waals surface area contributed by atoms with Crippen LogP contribution in [0.3, 0.4) is 0 Å². The molecule has 4 heterocycles. The maximum absolute atomic E-state index is 5.89. The highest BCUT2D eigenvalue weighted by atomic mass is 16.5. The maximum atomic E-state index is 5.89. The third kappa shape index (κ3) is 5.63. The van der Waals surface area contributed by atoms with Crippen molar-refractivity contribution in [3.63, 3.8) is 0 Å². The van der Waals surface area contributed by atoms with Crippen molar-refractivity contribution in [1.29, 1.82) is 0 Å². The van der Waals surface area contributed by atoms with E-state index in [1.165, 1.54) is 16.6 Å². The maximum Gasteiger partial charge on any atom is 0.321 e. The van der Waals surface area contributed by atoms with Crippen LogP contribution in [0.5, 0.6) is 6.01 Å². The van der Waals surface area contributed by atoms with E-state index in [-0.39, 0.29) is 0 Å². The standard InChI is InChI=1S/C26H29N7O2/c1-18-19(2)29-23-7-6-20(15-22(18)23)16-27-17-24-30-25(33-10-13-34-14-11-33)32-26(31-24)35-12-8-21-5-3-4-9-28-21/h3-7,9,15,17,29H,8,10-14,16H2,1-2H3. The Morgan fingerprint density at radius 3 is 2.83 bits per heavy atom. The Morgan fingerprint density at radius 2 is 2.00 bits per heavy atom. The molecular weight excluding hydrogens is 442 g/mol. The van der Waals surface area contributed by atoms with E-state index in [0.29, 0.717) is 50.6 Å². The molecule has 9 heteroatoms. The highest BCUT2D eigenvalue weighted by molar-refractivity contribution is 5.85. The summed E-state index contributed by atoms with van der Waals surface area (Å²) in [5.41, 5.74) is 5.70. The Morgan fingerprint density at radius 1 is 1.11 bits per heavy atom. The van der Waals surface area contributed by atoms with Crippen molar-refractivity contribution in [2.45, 2.75) is 26.8 Å². The van der Waals surface area contributed by atoms with Crippen LogP contribution >= 0.6 is 0 Å². The molecule has 5 rings (SSSR count). The lowest BCUT2D eigenvalue weighted by molar-refractivity contribution is 0.122. The van der Waals surface area contributed by atoms with Crippen LogP contribution in [0.2, 0.25) is 0 Å². The number of nitrogens with zero attached hydrogens (tertiary/aromatic N) is 6. The van der Waals surface area contributed by atoms with Crippen molar-refractivity contribution >= 4 is 23.1 Å². The number of nitrogens with one attached hydrogen (secondary N) is 1. The average molecular weight is 472 g/mol.